The topological polar surface area (TPSA) is 110 Å². The maximum Gasteiger partial charge on any atom is 0.244 e. The normalized spacial score (nSPS) is 17.0. The van der Waals surface area contributed by atoms with Gasteiger partial charge in [0.05, 0.1) is 17.5 Å². The lowest BCUT2D eigenvalue weighted by Gasteiger charge is -2.21. The number of hydrogen-bond donors (Lipinski definition) is 1. The van der Waals surface area contributed by atoms with Gasteiger partial charge in [-0.1, -0.05) is 17.3 Å². The van der Waals surface area contributed by atoms with Gasteiger partial charge in [0, 0.05) is 38.2 Å². The van der Waals surface area contributed by atoms with Crippen LogP contribution in [-0.4, -0.2) is 61.5 Å². The van der Waals surface area contributed by atoms with Crippen LogP contribution < -0.4 is 5.32 Å². The van der Waals surface area contributed by atoms with E-state index in [0.717, 1.165) is 36.3 Å². The van der Waals surface area contributed by atoms with E-state index in [4.69, 9.17) is 9.26 Å². The Balaban J connectivity index is 1.42. The molecule has 1 aliphatic rings. The third kappa shape index (κ3) is 5.32. The molecule has 0 bridgehead atoms. The maximum atomic E-state index is 11.7. The summed E-state index contributed by atoms with van der Waals surface area (Å²) in [5.74, 6) is 1.87. The van der Waals surface area contributed by atoms with Crippen molar-refractivity contribution in [1.82, 2.24) is 20.0 Å². The monoisotopic (exact) mass is 457 g/mol. The fraction of sp³-hybridized carbons (Fsp3) is 0.409. The first-order valence-electron chi connectivity index (χ1n) is 10.5. The largest absolute Gasteiger partial charge is 0.383 e. The zero-order valence-corrected chi connectivity index (χ0v) is 19.0. The molecule has 1 N–H and O–H groups in total. The van der Waals surface area contributed by atoms with E-state index in [2.05, 4.69) is 25.3 Å². The van der Waals surface area contributed by atoms with Crippen LogP contribution in [0.4, 0.5) is 5.82 Å². The van der Waals surface area contributed by atoms with Gasteiger partial charge < -0.3 is 14.6 Å². The molecule has 3 heterocycles. The highest BCUT2D eigenvalue weighted by molar-refractivity contribution is 7.90. The molecule has 4 rings (SSSR count). The molecule has 1 aliphatic heterocycles. The predicted molar refractivity (Wildman–Crippen MR) is 120 cm³/mol. The van der Waals surface area contributed by atoms with Gasteiger partial charge in [-0.25, -0.2) is 13.4 Å². The Morgan fingerprint density at radius 2 is 2.03 bits per heavy atom. The molecule has 1 saturated heterocycles. The number of aromatic nitrogens is 3. The molecule has 9 nitrogen and oxygen atoms in total. The quantitative estimate of drug-likeness (QED) is 0.485. The first-order chi connectivity index (χ1) is 15.4. The van der Waals surface area contributed by atoms with Crippen LogP contribution in [0.5, 0.6) is 0 Å². The van der Waals surface area contributed by atoms with E-state index < -0.39 is 9.84 Å². The molecule has 1 atom stereocenters. The molecule has 170 valence electrons. The van der Waals surface area contributed by atoms with Crippen molar-refractivity contribution in [1.29, 1.82) is 0 Å². The summed E-state index contributed by atoms with van der Waals surface area (Å²) in [4.78, 5) is 11.6. The molecule has 0 unspecified atom stereocenters. The highest BCUT2D eigenvalue weighted by atomic mass is 32.2. The Kier molecular flexibility index (Phi) is 6.83. The summed E-state index contributed by atoms with van der Waals surface area (Å²) in [5, 5.41) is 7.33. The van der Waals surface area contributed by atoms with Gasteiger partial charge in [-0.15, -0.1) is 0 Å². The minimum absolute atomic E-state index is 0.0359. The second kappa shape index (κ2) is 9.76. The van der Waals surface area contributed by atoms with Crippen molar-refractivity contribution in [3.05, 3.63) is 54.0 Å². The lowest BCUT2D eigenvalue weighted by atomic mass is 10.2. The molecule has 32 heavy (non-hydrogen) atoms. The van der Waals surface area contributed by atoms with Crippen LogP contribution in [0.25, 0.3) is 11.4 Å². The van der Waals surface area contributed by atoms with Crippen LogP contribution in [-0.2, 0) is 21.1 Å². The molecular weight excluding hydrogens is 430 g/mol. The highest BCUT2D eigenvalue weighted by Gasteiger charge is 2.31. The second-order valence-corrected chi connectivity index (χ2v) is 9.87. The summed E-state index contributed by atoms with van der Waals surface area (Å²) in [6.07, 6.45) is 4.91. The van der Waals surface area contributed by atoms with Crippen molar-refractivity contribution in [3.8, 4) is 11.4 Å². The predicted octanol–water partition coefficient (Wildman–Crippen LogP) is 2.93. The third-order valence-corrected chi connectivity index (χ3v) is 6.59. The number of rotatable bonds is 9. The number of nitrogens with one attached hydrogen (secondary N) is 1. The van der Waals surface area contributed by atoms with Gasteiger partial charge in [0.25, 0.3) is 0 Å². The zero-order chi connectivity index (χ0) is 22.6. The molecule has 0 aliphatic carbocycles. The van der Waals surface area contributed by atoms with Gasteiger partial charge >= 0.3 is 0 Å². The van der Waals surface area contributed by atoms with Crippen molar-refractivity contribution in [2.24, 2.45) is 0 Å². The van der Waals surface area contributed by atoms with E-state index in [0.29, 0.717) is 36.3 Å². The van der Waals surface area contributed by atoms with Crippen LogP contribution in [0, 0.1) is 0 Å². The molecule has 0 saturated carbocycles. The lowest BCUT2D eigenvalue weighted by Crippen LogP contribution is -2.23. The molecule has 3 aromatic rings. The van der Waals surface area contributed by atoms with Crippen molar-refractivity contribution >= 4 is 15.7 Å². The summed E-state index contributed by atoms with van der Waals surface area (Å²) >= 11 is 0. The molecule has 0 amide bonds. The Morgan fingerprint density at radius 1 is 1.22 bits per heavy atom. The summed E-state index contributed by atoms with van der Waals surface area (Å²) in [6, 6.07) is 10.9. The number of nitrogens with zero attached hydrogens (tertiary/aromatic N) is 4. The van der Waals surface area contributed by atoms with Crippen LogP contribution in [0.15, 0.2) is 52.0 Å². The number of likely N-dealkylation sites (tertiary alicyclic amines) is 1. The van der Waals surface area contributed by atoms with Crippen LogP contribution in [0.2, 0.25) is 0 Å². The molecular formula is C22H27N5O4S. The highest BCUT2D eigenvalue weighted by Crippen LogP contribution is 2.33. The number of pyridine rings is 1. The van der Waals surface area contributed by atoms with Gasteiger partial charge in [-0.2, -0.15) is 4.98 Å². The minimum atomic E-state index is -3.19. The van der Waals surface area contributed by atoms with E-state index in [1.165, 1.54) is 6.26 Å². The Morgan fingerprint density at radius 3 is 2.72 bits per heavy atom. The van der Waals surface area contributed by atoms with E-state index in [9.17, 15) is 8.42 Å². The van der Waals surface area contributed by atoms with Crippen molar-refractivity contribution in [2.75, 3.05) is 38.4 Å². The van der Waals surface area contributed by atoms with Crippen molar-refractivity contribution in [3.63, 3.8) is 0 Å². The number of sulfone groups is 1. The molecule has 0 radical (unpaired) electrons. The van der Waals surface area contributed by atoms with Gasteiger partial charge in [0.1, 0.15) is 5.82 Å². The van der Waals surface area contributed by atoms with Gasteiger partial charge in [-0.05, 0) is 49.2 Å². The molecule has 1 aromatic carbocycles. The SMILES string of the molecule is COCCNc1ccc(-c2noc([C@@H]3CCCN3Cc3ccc(S(C)(=O)=O)cc3)n2)cn1. The second-order valence-electron chi connectivity index (χ2n) is 7.85. The van der Waals surface area contributed by atoms with Gasteiger partial charge in [0.15, 0.2) is 9.84 Å². The Hall–Kier alpha value is -2.82. The van der Waals surface area contributed by atoms with Gasteiger partial charge in [-0.3, -0.25) is 4.90 Å². The zero-order valence-electron chi connectivity index (χ0n) is 18.2. The molecule has 2 aromatic heterocycles. The summed E-state index contributed by atoms with van der Waals surface area (Å²) in [7, 11) is -1.54. The fourth-order valence-corrected chi connectivity index (χ4v) is 4.40. The summed E-state index contributed by atoms with van der Waals surface area (Å²) in [6.45, 7) is 2.90. The average Bonchev–Trinajstić information content (AvgIpc) is 3.44. The lowest BCUT2D eigenvalue weighted by molar-refractivity contribution is 0.201. The number of benzene rings is 1. The van der Waals surface area contributed by atoms with E-state index in [1.54, 1.807) is 25.4 Å². The van der Waals surface area contributed by atoms with Crippen LogP contribution in [0.3, 0.4) is 0 Å². The molecule has 10 heteroatoms. The Labute approximate surface area is 187 Å². The average molecular weight is 458 g/mol. The summed E-state index contributed by atoms with van der Waals surface area (Å²) < 4.78 is 34.0. The summed E-state index contributed by atoms with van der Waals surface area (Å²) in [5.41, 5.74) is 1.84. The molecule has 0 spiro atoms. The first kappa shape index (κ1) is 22.4. The number of methoxy groups -OCH3 is 1. The van der Waals surface area contributed by atoms with Crippen LogP contribution >= 0.6 is 0 Å². The number of hydrogen-bond acceptors (Lipinski definition) is 9. The fourth-order valence-electron chi connectivity index (χ4n) is 3.77. The van der Waals surface area contributed by atoms with E-state index in [-0.39, 0.29) is 6.04 Å². The number of anilines is 1. The maximum absolute atomic E-state index is 11.7. The third-order valence-electron chi connectivity index (χ3n) is 5.46. The standard InChI is InChI=1S/C22H27N5O4S/c1-30-13-11-23-20-10-7-17(14-24-20)21-25-22(31-26-21)19-4-3-12-27(19)15-16-5-8-18(9-6-16)32(2,28)29/h5-10,14,19H,3-4,11-13,15H2,1-2H3,(H,23,24)/t19-/m0/s1. The van der Waals surface area contributed by atoms with Crippen LogP contribution in [0.1, 0.15) is 30.3 Å². The number of ether oxygens (including phenoxy) is 1. The smallest absolute Gasteiger partial charge is 0.244 e. The minimum Gasteiger partial charge on any atom is -0.383 e. The van der Waals surface area contributed by atoms with Crippen molar-refractivity contribution < 1.29 is 17.7 Å². The first-order valence-corrected chi connectivity index (χ1v) is 12.4. The van der Waals surface area contributed by atoms with Gasteiger partial charge in [0.2, 0.25) is 11.7 Å². The van der Waals surface area contributed by atoms with E-state index >= 15 is 0 Å². The van der Waals surface area contributed by atoms with Crippen molar-refractivity contribution in [2.45, 2.75) is 30.3 Å². The van der Waals surface area contributed by atoms with E-state index in [1.807, 2.05) is 24.3 Å². The molecule has 1 fully saturated rings. The Bertz CT molecular complexity index is 1130.